The number of hydrogen-bond donors (Lipinski definition) is 8. The molecule has 0 atom stereocenters. The minimum absolute atomic E-state index is 0.0298. The lowest BCUT2D eigenvalue weighted by Gasteiger charge is -2.28. The fraction of sp³-hybridized carbons (Fsp3) is 0.552. The minimum atomic E-state index is -4.52. The van der Waals surface area contributed by atoms with E-state index in [1.165, 1.54) is 28.5 Å². The summed E-state index contributed by atoms with van der Waals surface area (Å²) >= 11 is 2.23. The van der Waals surface area contributed by atoms with E-state index in [4.69, 9.17) is 9.59 Å². The molecule has 3 heterocycles. The van der Waals surface area contributed by atoms with Crippen LogP contribution in [0.4, 0.5) is 11.4 Å². The molecule has 0 saturated heterocycles. The maximum absolute atomic E-state index is 12.5. The number of thioether (sulfide) groups is 1. The number of carbonyl (C=O) groups excluding carboxylic acids is 1. The fourth-order valence-electron chi connectivity index (χ4n) is 11.3. The number of fused-ring (bicyclic) bond motifs is 2. The molecule has 8 N–H and O–H groups in total. The molecule has 0 fully saturated rings. The number of benzene rings is 2. The zero-order valence-electron chi connectivity index (χ0n) is 48.3. The van der Waals surface area contributed by atoms with Gasteiger partial charge in [-0.15, -0.1) is 16.1 Å². The Hall–Kier alpha value is -4.67. The van der Waals surface area contributed by atoms with Crippen molar-refractivity contribution in [1.29, 1.82) is 0 Å². The highest BCUT2D eigenvalue weighted by Gasteiger charge is 2.45. The minimum Gasteiger partial charge on any atom is -0.494 e. The summed E-state index contributed by atoms with van der Waals surface area (Å²) in [7, 11) is -12.8. The lowest BCUT2D eigenvalue weighted by atomic mass is 9.81. The molecular formula is C58H84N5O15S5+. The van der Waals surface area contributed by atoms with E-state index in [0.717, 1.165) is 134 Å². The Morgan fingerprint density at radius 1 is 0.735 bits per heavy atom. The normalized spacial score (nSPS) is 17.1. The summed E-state index contributed by atoms with van der Waals surface area (Å²) in [6, 6.07) is 11.8. The van der Waals surface area contributed by atoms with Gasteiger partial charge in [0.2, 0.25) is 17.5 Å². The Morgan fingerprint density at radius 3 is 2.06 bits per heavy atom. The van der Waals surface area contributed by atoms with Crippen molar-refractivity contribution in [2.24, 2.45) is 0 Å². The summed E-state index contributed by atoms with van der Waals surface area (Å²) in [4.78, 5) is 15.6. The molecule has 20 nitrogen and oxygen atoms in total. The zero-order chi connectivity index (χ0) is 60.6. The van der Waals surface area contributed by atoms with Gasteiger partial charge in [0.15, 0.2) is 11.6 Å². The number of nitrogens with one attached hydrogen (secondary N) is 2. The molecule has 0 radical (unpaired) electrons. The highest BCUT2D eigenvalue weighted by atomic mass is 32.2. The second kappa shape index (κ2) is 30.6. The van der Waals surface area contributed by atoms with Crippen molar-refractivity contribution >= 4 is 77.2 Å². The highest BCUT2D eigenvalue weighted by Crippen LogP contribution is 2.49. The van der Waals surface area contributed by atoms with Gasteiger partial charge in [-0.2, -0.15) is 29.8 Å². The number of hydrogen-bond acceptors (Lipinski definition) is 16. The molecule has 3 aromatic rings. The Kier molecular flexibility index (Phi) is 24.9. The Labute approximate surface area is 498 Å². The largest absolute Gasteiger partial charge is 0.494 e. The second-order valence-corrected chi connectivity index (χ2v) is 28.6. The Bertz CT molecular complexity index is 3260. The van der Waals surface area contributed by atoms with Gasteiger partial charge in [0, 0.05) is 90.2 Å². The molecule has 2 aromatic carbocycles. The maximum Gasteiger partial charge on any atom is 0.294 e. The summed E-state index contributed by atoms with van der Waals surface area (Å²) in [5, 5.41) is 39.9. The van der Waals surface area contributed by atoms with Crippen LogP contribution in [-0.2, 0) is 61.9 Å². The quantitative estimate of drug-likeness (QED) is 0.00516. The number of allylic oxidation sites excluding steroid dienone is 7. The number of anilines is 1. The zero-order valence-corrected chi connectivity index (χ0v) is 52.4. The van der Waals surface area contributed by atoms with Crippen molar-refractivity contribution < 1.29 is 73.1 Å². The summed E-state index contributed by atoms with van der Waals surface area (Å²) < 4.78 is 109. The lowest BCUT2D eigenvalue weighted by molar-refractivity contribution is -0.438. The van der Waals surface area contributed by atoms with Crippen molar-refractivity contribution in [1.82, 2.24) is 15.2 Å². The van der Waals surface area contributed by atoms with E-state index >= 15 is 0 Å². The first-order valence-corrected chi connectivity index (χ1v) is 35.1. The molecule has 1 aliphatic carbocycles. The summed E-state index contributed by atoms with van der Waals surface area (Å²) in [5.74, 6) is -0.631. The first-order valence-electron chi connectivity index (χ1n) is 28.5. The van der Waals surface area contributed by atoms with Crippen LogP contribution in [0.5, 0.6) is 11.8 Å². The monoisotopic (exact) mass is 1250 g/mol. The predicted octanol–water partition coefficient (Wildman–Crippen LogP) is 11.3. The van der Waals surface area contributed by atoms with Gasteiger partial charge in [0.1, 0.15) is 6.54 Å². The fourth-order valence-corrected chi connectivity index (χ4v) is 13.8. The van der Waals surface area contributed by atoms with Crippen molar-refractivity contribution in [2.45, 2.75) is 175 Å². The number of amides is 1. The predicted molar refractivity (Wildman–Crippen MR) is 325 cm³/mol. The summed E-state index contributed by atoms with van der Waals surface area (Å²) in [6.45, 7) is 10.7. The highest BCUT2D eigenvalue weighted by molar-refractivity contribution is 7.98. The molecule has 460 valence electrons. The van der Waals surface area contributed by atoms with Gasteiger partial charge in [0.25, 0.3) is 30.4 Å². The van der Waals surface area contributed by atoms with E-state index in [1.54, 1.807) is 12.1 Å². The SMILES string of the molecule is CSc1cc(O)n(CCCCNC(=O)CCCCCCCCCCNC2=C(C=CC3=[N+](CCCCS(=O)(=O)O)c4ccc(SOOO)cc4C3(C)C)CCC/C2=C\C=C2N(CCCCS(=O)(=O)O)c3ccc(S(=O)(=O)O)cc3C2(C)C)c1O. The molecule has 6 rings (SSSR count). The van der Waals surface area contributed by atoms with Crippen molar-refractivity contribution in [3.63, 3.8) is 0 Å². The van der Waals surface area contributed by atoms with Crippen molar-refractivity contribution in [3.8, 4) is 11.8 Å². The third kappa shape index (κ3) is 19.2. The molecule has 1 aromatic heterocycles. The molecule has 0 bridgehead atoms. The van der Waals surface area contributed by atoms with Gasteiger partial charge >= 0.3 is 0 Å². The molecule has 83 heavy (non-hydrogen) atoms. The Morgan fingerprint density at radius 2 is 1.40 bits per heavy atom. The van der Waals surface area contributed by atoms with Gasteiger partial charge in [-0.1, -0.05) is 69.6 Å². The van der Waals surface area contributed by atoms with Crippen LogP contribution >= 0.6 is 23.8 Å². The number of unbranched alkanes of at least 4 members (excludes halogenated alkanes) is 10. The second-order valence-electron chi connectivity index (χ2n) is 22.4. The molecule has 1 amide bonds. The topological polar surface area (TPSA) is 295 Å². The summed E-state index contributed by atoms with van der Waals surface area (Å²) in [5.41, 5.74) is 6.98. The molecule has 0 spiro atoms. The lowest BCUT2D eigenvalue weighted by Crippen LogP contribution is -2.28. The van der Waals surface area contributed by atoms with Crippen LogP contribution in [0, 0.1) is 0 Å². The molecule has 0 unspecified atom stereocenters. The van der Waals surface area contributed by atoms with Crippen LogP contribution in [0.15, 0.2) is 104 Å². The Balaban J connectivity index is 1.17. The van der Waals surface area contributed by atoms with Crippen LogP contribution in [0.2, 0.25) is 0 Å². The van der Waals surface area contributed by atoms with Gasteiger partial charge < -0.3 is 25.7 Å². The third-order valence-corrected chi connectivity index (χ3v) is 19.4. The van der Waals surface area contributed by atoms with Crippen LogP contribution < -0.4 is 15.5 Å². The number of aromatic hydroxyl groups is 2. The molecular weight excluding hydrogens is 1170 g/mol. The van der Waals surface area contributed by atoms with Gasteiger partial charge in [-0.25, -0.2) is 5.26 Å². The van der Waals surface area contributed by atoms with E-state index < -0.39 is 46.9 Å². The van der Waals surface area contributed by atoms with Gasteiger partial charge in [-0.3, -0.25) is 23.0 Å². The standard InChI is InChI=1S/C58H83N5O15S5/c1-57(2)46-39-44(80-78-77-67)26-28-48(46)61(34-16-18-37-81(68,69)70)51(57)30-24-42-21-20-22-43(25-31-52-58(3,4)47-40-45(83(74,75)76)27-29-49(47)62(52)35-17-19-38-82(71,72)73)55(42)60-33-13-11-9-7-6-8-10-12-23-53(64)59-32-14-15-36-63-54(65)41-50(79-5)56(63)66/h24-31,39-41H,6-23,32-38H2,1-5H3,(H7,59,64,65,66,67,68,69,70,71,72,73,74,75,76)/p+1/b43-25+,52-31?. The molecule has 0 saturated carbocycles. The van der Waals surface area contributed by atoms with Gasteiger partial charge in [0.05, 0.1) is 38.8 Å². The number of nitrogens with zero attached hydrogens (tertiary/aromatic N) is 3. The van der Waals surface area contributed by atoms with E-state index in [1.807, 2.05) is 44.4 Å². The number of rotatable bonds is 35. The van der Waals surface area contributed by atoms with Gasteiger partial charge in [-0.05, 0) is 137 Å². The maximum atomic E-state index is 12.5. The van der Waals surface area contributed by atoms with Crippen LogP contribution in [0.3, 0.4) is 0 Å². The first-order chi connectivity index (χ1) is 39.3. The average Bonchev–Trinajstić information content (AvgIpc) is 1.97. The van der Waals surface area contributed by atoms with Crippen LogP contribution in [0.25, 0.3) is 0 Å². The molecule has 25 heteroatoms. The van der Waals surface area contributed by atoms with Crippen molar-refractivity contribution in [3.05, 3.63) is 100 Å². The number of carbonyl (C=O) groups is 1. The first kappa shape index (κ1) is 67.5. The summed E-state index contributed by atoms with van der Waals surface area (Å²) in [6.07, 6.45) is 23.8. The van der Waals surface area contributed by atoms with E-state index in [9.17, 15) is 53.9 Å². The number of aromatic nitrogens is 1. The smallest absolute Gasteiger partial charge is 0.294 e. The molecule has 2 aliphatic heterocycles. The third-order valence-electron chi connectivity index (χ3n) is 15.7. The average molecular weight is 1250 g/mol. The van der Waals surface area contributed by atoms with Crippen LogP contribution in [0.1, 0.15) is 154 Å². The van der Waals surface area contributed by atoms with Crippen molar-refractivity contribution in [2.75, 3.05) is 48.8 Å². The van der Waals surface area contributed by atoms with E-state index in [0.29, 0.717) is 73.8 Å². The van der Waals surface area contributed by atoms with E-state index in [-0.39, 0.29) is 41.2 Å². The van der Waals surface area contributed by atoms with E-state index in [2.05, 4.69) is 57.2 Å². The molecule has 3 aliphatic rings. The van der Waals surface area contributed by atoms with Crippen LogP contribution in [-0.4, -0.2) is 119 Å².